The maximum atomic E-state index is 6.18. The second kappa shape index (κ2) is 5.49. The van der Waals surface area contributed by atoms with E-state index in [2.05, 4.69) is 48.1 Å². The molecule has 2 rings (SSSR count). The summed E-state index contributed by atoms with van der Waals surface area (Å²) in [7, 11) is 0. The van der Waals surface area contributed by atoms with Crippen LogP contribution in [0.2, 0.25) is 5.15 Å². The fourth-order valence-corrected chi connectivity index (χ4v) is 2.05. The summed E-state index contributed by atoms with van der Waals surface area (Å²) in [6, 6.07) is 8.34. The molecule has 1 aromatic heterocycles. The van der Waals surface area contributed by atoms with Crippen LogP contribution in [0.15, 0.2) is 24.3 Å². The number of hydrogen-bond acceptors (Lipinski definition) is 2. The summed E-state index contributed by atoms with van der Waals surface area (Å²) in [4.78, 5) is 8.95. The molecule has 0 atom stereocenters. The zero-order valence-corrected chi connectivity index (χ0v) is 11.8. The average molecular weight is 261 g/mol. The number of aromatic nitrogens is 2. The monoisotopic (exact) mass is 260 g/mol. The summed E-state index contributed by atoms with van der Waals surface area (Å²) >= 11 is 6.18. The predicted molar refractivity (Wildman–Crippen MR) is 75.9 cm³/mol. The highest BCUT2D eigenvalue weighted by atomic mass is 35.5. The largest absolute Gasteiger partial charge is 0.233 e. The van der Waals surface area contributed by atoms with E-state index < -0.39 is 0 Å². The summed E-state index contributed by atoms with van der Waals surface area (Å²) in [6.07, 6.45) is 1.88. The SMILES string of the molecule is CCCc1nc(Cl)c(C)c(-c2ccc(C)cc2)n1. The van der Waals surface area contributed by atoms with Crippen molar-refractivity contribution in [2.24, 2.45) is 0 Å². The Morgan fingerprint density at radius 3 is 2.33 bits per heavy atom. The Morgan fingerprint density at radius 2 is 1.72 bits per heavy atom. The number of halogens is 1. The molecular weight excluding hydrogens is 244 g/mol. The van der Waals surface area contributed by atoms with Crippen molar-refractivity contribution in [3.63, 3.8) is 0 Å². The standard InChI is InChI=1S/C15H17ClN2/c1-4-5-13-17-14(11(3)15(16)18-13)12-8-6-10(2)7-9-12/h6-9H,4-5H2,1-3H3. The summed E-state index contributed by atoms with van der Waals surface area (Å²) in [5.41, 5.74) is 4.23. The van der Waals surface area contributed by atoms with Gasteiger partial charge in [-0.15, -0.1) is 0 Å². The minimum Gasteiger partial charge on any atom is -0.233 e. The molecule has 0 aliphatic heterocycles. The molecule has 0 saturated heterocycles. The molecule has 0 N–H and O–H groups in total. The van der Waals surface area contributed by atoms with Gasteiger partial charge < -0.3 is 0 Å². The maximum absolute atomic E-state index is 6.18. The molecule has 18 heavy (non-hydrogen) atoms. The Kier molecular flexibility index (Phi) is 3.97. The van der Waals surface area contributed by atoms with Crippen molar-refractivity contribution in [2.45, 2.75) is 33.6 Å². The van der Waals surface area contributed by atoms with E-state index in [-0.39, 0.29) is 0 Å². The van der Waals surface area contributed by atoms with E-state index in [1.54, 1.807) is 0 Å². The van der Waals surface area contributed by atoms with E-state index >= 15 is 0 Å². The number of aryl methyl sites for hydroxylation is 2. The van der Waals surface area contributed by atoms with Crippen molar-refractivity contribution in [3.8, 4) is 11.3 Å². The number of rotatable bonds is 3. The lowest BCUT2D eigenvalue weighted by atomic mass is 10.1. The van der Waals surface area contributed by atoms with Crippen molar-refractivity contribution in [1.82, 2.24) is 9.97 Å². The van der Waals surface area contributed by atoms with E-state index in [1.165, 1.54) is 5.56 Å². The molecule has 0 unspecified atom stereocenters. The van der Waals surface area contributed by atoms with Crippen LogP contribution in [0.25, 0.3) is 11.3 Å². The minimum absolute atomic E-state index is 0.559. The van der Waals surface area contributed by atoms with Gasteiger partial charge in [0.05, 0.1) is 5.69 Å². The Balaban J connectivity index is 2.51. The Bertz CT molecular complexity index is 547. The van der Waals surface area contributed by atoms with Crippen molar-refractivity contribution in [2.75, 3.05) is 0 Å². The normalized spacial score (nSPS) is 10.7. The lowest BCUT2D eigenvalue weighted by Crippen LogP contribution is -2.00. The van der Waals surface area contributed by atoms with Crippen LogP contribution in [0.3, 0.4) is 0 Å². The molecule has 0 aliphatic carbocycles. The van der Waals surface area contributed by atoms with Crippen LogP contribution in [0.4, 0.5) is 0 Å². The molecule has 0 aliphatic rings. The molecule has 0 amide bonds. The van der Waals surface area contributed by atoms with E-state index in [0.717, 1.165) is 35.5 Å². The van der Waals surface area contributed by atoms with Gasteiger partial charge in [-0.1, -0.05) is 48.4 Å². The average Bonchev–Trinajstić information content (AvgIpc) is 2.35. The molecule has 3 heteroatoms. The summed E-state index contributed by atoms with van der Waals surface area (Å²) in [5.74, 6) is 0.823. The van der Waals surface area contributed by atoms with Crippen molar-refractivity contribution < 1.29 is 0 Å². The minimum atomic E-state index is 0.559. The second-order valence-electron chi connectivity index (χ2n) is 4.52. The third-order valence-corrected chi connectivity index (χ3v) is 3.30. The molecule has 2 aromatic rings. The fraction of sp³-hybridized carbons (Fsp3) is 0.333. The molecule has 2 nitrogen and oxygen atoms in total. The zero-order chi connectivity index (χ0) is 13.1. The Labute approximate surface area is 113 Å². The second-order valence-corrected chi connectivity index (χ2v) is 4.88. The van der Waals surface area contributed by atoms with Crippen LogP contribution in [0, 0.1) is 13.8 Å². The maximum Gasteiger partial charge on any atom is 0.136 e. The van der Waals surface area contributed by atoms with Crippen molar-refractivity contribution >= 4 is 11.6 Å². The van der Waals surface area contributed by atoms with Gasteiger partial charge in [0.2, 0.25) is 0 Å². The summed E-state index contributed by atoms with van der Waals surface area (Å²) < 4.78 is 0. The number of benzene rings is 1. The van der Waals surface area contributed by atoms with Gasteiger partial charge in [-0.25, -0.2) is 9.97 Å². The molecule has 0 spiro atoms. The third-order valence-electron chi connectivity index (χ3n) is 2.93. The highest BCUT2D eigenvalue weighted by molar-refractivity contribution is 6.30. The van der Waals surface area contributed by atoms with Gasteiger partial charge in [0.15, 0.2) is 0 Å². The van der Waals surface area contributed by atoms with Crippen LogP contribution in [0.5, 0.6) is 0 Å². The summed E-state index contributed by atoms with van der Waals surface area (Å²) in [6.45, 7) is 6.15. The molecule has 94 valence electrons. The zero-order valence-electron chi connectivity index (χ0n) is 11.0. The first-order valence-electron chi connectivity index (χ1n) is 6.22. The number of hydrogen-bond donors (Lipinski definition) is 0. The molecule has 0 bridgehead atoms. The summed E-state index contributed by atoms with van der Waals surface area (Å²) in [5, 5.41) is 0.559. The molecule has 1 heterocycles. The van der Waals surface area contributed by atoms with Gasteiger partial charge >= 0.3 is 0 Å². The highest BCUT2D eigenvalue weighted by Crippen LogP contribution is 2.26. The van der Waals surface area contributed by atoms with Crippen molar-refractivity contribution in [3.05, 3.63) is 46.4 Å². The first-order chi connectivity index (χ1) is 8.61. The molecule has 0 fully saturated rings. The van der Waals surface area contributed by atoms with Gasteiger partial charge in [0, 0.05) is 17.5 Å². The van der Waals surface area contributed by atoms with Gasteiger partial charge in [-0.05, 0) is 20.3 Å². The van der Waals surface area contributed by atoms with Crippen LogP contribution in [-0.4, -0.2) is 9.97 Å². The van der Waals surface area contributed by atoms with E-state index in [0.29, 0.717) is 5.15 Å². The van der Waals surface area contributed by atoms with E-state index in [9.17, 15) is 0 Å². The first kappa shape index (κ1) is 13.0. The molecular formula is C15H17ClN2. The van der Waals surface area contributed by atoms with Crippen LogP contribution < -0.4 is 0 Å². The Hall–Kier alpha value is -1.41. The van der Waals surface area contributed by atoms with Crippen LogP contribution in [0.1, 0.15) is 30.3 Å². The fourth-order valence-electron chi connectivity index (χ4n) is 1.86. The molecule has 1 aromatic carbocycles. The van der Waals surface area contributed by atoms with Gasteiger partial charge in [0.1, 0.15) is 11.0 Å². The van der Waals surface area contributed by atoms with Crippen LogP contribution >= 0.6 is 11.6 Å². The lowest BCUT2D eigenvalue weighted by molar-refractivity contribution is 0.833. The van der Waals surface area contributed by atoms with E-state index in [4.69, 9.17) is 11.6 Å². The Morgan fingerprint density at radius 1 is 1.06 bits per heavy atom. The first-order valence-corrected chi connectivity index (χ1v) is 6.59. The lowest BCUT2D eigenvalue weighted by Gasteiger charge is -2.09. The third kappa shape index (κ3) is 2.70. The predicted octanol–water partition coefficient (Wildman–Crippen LogP) is 4.37. The van der Waals surface area contributed by atoms with Crippen LogP contribution in [-0.2, 0) is 6.42 Å². The van der Waals surface area contributed by atoms with Crippen molar-refractivity contribution in [1.29, 1.82) is 0 Å². The molecule has 0 radical (unpaired) electrons. The molecule has 0 saturated carbocycles. The van der Waals surface area contributed by atoms with Gasteiger partial charge in [-0.3, -0.25) is 0 Å². The topological polar surface area (TPSA) is 25.8 Å². The van der Waals surface area contributed by atoms with E-state index in [1.807, 2.05) is 6.92 Å². The number of nitrogens with zero attached hydrogens (tertiary/aromatic N) is 2. The highest BCUT2D eigenvalue weighted by Gasteiger charge is 2.10. The van der Waals surface area contributed by atoms with Gasteiger partial charge in [0.25, 0.3) is 0 Å². The van der Waals surface area contributed by atoms with Gasteiger partial charge in [-0.2, -0.15) is 0 Å². The smallest absolute Gasteiger partial charge is 0.136 e. The quantitative estimate of drug-likeness (QED) is 0.766.